The van der Waals surface area contributed by atoms with Gasteiger partial charge in [0.25, 0.3) is 0 Å². The van der Waals surface area contributed by atoms with Gasteiger partial charge in [0.2, 0.25) is 0 Å². The second-order valence-electron chi connectivity index (χ2n) is 3.62. The van der Waals surface area contributed by atoms with E-state index in [1.54, 1.807) is 12.1 Å². The van der Waals surface area contributed by atoms with Gasteiger partial charge in [-0.1, -0.05) is 12.0 Å². The first-order valence-corrected chi connectivity index (χ1v) is 4.33. The minimum absolute atomic E-state index is 0.238. The molecule has 0 aliphatic heterocycles. The number of benzene rings is 1. The van der Waals surface area contributed by atoms with Crippen LogP contribution in [0.3, 0.4) is 0 Å². The summed E-state index contributed by atoms with van der Waals surface area (Å²) in [7, 11) is 1.43. The number of hydrogen-bond acceptors (Lipinski definition) is 1. The van der Waals surface area contributed by atoms with Crippen LogP contribution in [-0.2, 0) is 5.41 Å². The van der Waals surface area contributed by atoms with E-state index in [1.807, 2.05) is 13.8 Å². The van der Waals surface area contributed by atoms with Gasteiger partial charge >= 0.3 is 0 Å². The fraction of sp³-hybridized carbons (Fsp3) is 0.333. The molecule has 1 nitrogen and oxygen atoms in total. The molecule has 1 aromatic rings. The summed E-state index contributed by atoms with van der Waals surface area (Å²) in [6, 6.07) is 4.78. The Morgan fingerprint density at radius 1 is 1.43 bits per heavy atom. The highest BCUT2D eigenvalue weighted by atomic mass is 19.1. The largest absolute Gasteiger partial charge is 0.494 e. The number of hydrogen-bond donors (Lipinski definition) is 0. The summed E-state index contributed by atoms with van der Waals surface area (Å²) in [5.41, 5.74) is 0.325. The molecule has 0 saturated carbocycles. The molecule has 0 N–H and O–H groups in total. The Hall–Kier alpha value is -1.49. The van der Waals surface area contributed by atoms with Gasteiger partial charge in [0.15, 0.2) is 11.6 Å². The molecule has 0 bridgehead atoms. The van der Waals surface area contributed by atoms with Gasteiger partial charge in [0.1, 0.15) is 0 Å². The summed E-state index contributed by atoms with van der Waals surface area (Å²) in [6.45, 7) is 3.74. The standard InChI is InChI=1S/C12H13FO/c1-5-12(2,3)9-6-7-11(14-4)10(13)8-9/h1,6-8H,2-4H3. The Morgan fingerprint density at radius 3 is 2.50 bits per heavy atom. The average Bonchev–Trinajstić information content (AvgIpc) is 2.17. The van der Waals surface area contributed by atoms with Gasteiger partial charge in [0.05, 0.1) is 12.5 Å². The lowest BCUT2D eigenvalue weighted by Gasteiger charge is -2.18. The van der Waals surface area contributed by atoms with E-state index < -0.39 is 5.41 Å². The molecule has 0 radical (unpaired) electrons. The second-order valence-corrected chi connectivity index (χ2v) is 3.62. The normalized spacial score (nSPS) is 10.8. The molecule has 14 heavy (non-hydrogen) atoms. The highest BCUT2D eigenvalue weighted by molar-refractivity contribution is 5.37. The van der Waals surface area contributed by atoms with Crippen LogP contribution < -0.4 is 4.74 Å². The Labute approximate surface area is 83.9 Å². The van der Waals surface area contributed by atoms with Gasteiger partial charge in [-0.3, -0.25) is 0 Å². The highest BCUT2D eigenvalue weighted by Gasteiger charge is 2.18. The van der Waals surface area contributed by atoms with Gasteiger partial charge < -0.3 is 4.74 Å². The molecule has 0 saturated heterocycles. The number of ether oxygens (including phenoxy) is 1. The molecule has 1 aromatic carbocycles. The zero-order valence-corrected chi connectivity index (χ0v) is 8.60. The lowest BCUT2D eigenvalue weighted by atomic mass is 9.86. The molecule has 0 aliphatic rings. The number of rotatable bonds is 2. The molecular weight excluding hydrogens is 179 g/mol. The Balaban J connectivity index is 3.17. The van der Waals surface area contributed by atoms with Gasteiger partial charge in [-0.25, -0.2) is 4.39 Å². The molecule has 0 aliphatic carbocycles. The van der Waals surface area contributed by atoms with E-state index >= 15 is 0 Å². The first-order valence-electron chi connectivity index (χ1n) is 4.33. The average molecular weight is 192 g/mol. The Morgan fingerprint density at radius 2 is 2.07 bits per heavy atom. The van der Waals surface area contributed by atoms with Gasteiger partial charge in [0, 0.05) is 0 Å². The van der Waals surface area contributed by atoms with Crippen LogP contribution in [0.2, 0.25) is 0 Å². The van der Waals surface area contributed by atoms with Crippen molar-refractivity contribution < 1.29 is 9.13 Å². The van der Waals surface area contributed by atoms with Crippen LogP contribution in [0.5, 0.6) is 5.75 Å². The van der Waals surface area contributed by atoms with Crippen molar-refractivity contribution in [3.63, 3.8) is 0 Å². The lowest BCUT2D eigenvalue weighted by Crippen LogP contribution is -2.14. The maximum atomic E-state index is 13.3. The van der Waals surface area contributed by atoms with Crippen molar-refractivity contribution in [1.82, 2.24) is 0 Å². The maximum absolute atomic E-state index is 13.3. The van der Waals surface area contributed by atoms with E-state index in [9.17, 15) is 4.39 Å². The summed E-state index contributed by atoms with van der Waals surface area (Å²) in [4.78, 5) is 0. The van der Waals surface area contributed by atoms with E-state index in [1.165, 1.54) is 13.2 Å². The third-order valence-corrected chi connectivity index (χ3v) is 2.23. The highest BCUT2D eigenvalue weighted by Crippen LogP contribution is 2.26. The van der Waals surface area contributed by atoms with Crippen LogP contribution in [0.1, 0.15) is 19.4 Å². The molecule has 74 valence electrons. The molecular formula is C12H13FO. The fourth-order valence-corrected chi connectivity index (χ4v) is 1.14. The molecule has 0 atom stereocenters. The Kier molecular flexibility index (Phi) is 2.81. The molecule has 2 heteroatoms. The van der Waals surface area contributed by atoms with Crippen molar-refractivity contribution >= 4 is 0 Å². The zero-order chi connectivity index (χ0) is 10.8. The molecule has 0 unspecified atom stereocenters. The van der Waals surface area contributed by atoms with Crippen molar-refractivity contribution in [1.29, 1.82) is 0 Å². The summed E-state index contributed by atoms with van der Waals surface area (Å²) in [6.07, 6.45) is 5.36. The van der Waals surface area contributed by atoms with Crippen molar-refractivity contribution in [3.05, 3.63) is 29.6 Å². The quantitative estimate of drug-likeness (QED) is 0.655. The zero-order valence-electron chi connectivity index (χ0n) is 8.60. The third kappa shape index (κ3) is 1.88. The van der Waals surface area contributed by atoms with Crippen LogP contribution in [0.25, 0.3) is 0 Å². The van der Waals surface area contributed by atoms with E-state index in [2.05, 4.69) is 5.92 Å². The topological polar surface area (TPSA) is 9.23 Å². The predicted octanol–water partition coefficient (Wildman–Crippen LogP) is 2.75. The van der Waals surface area contributed by atoms with Crippen molar-refractivity contribution in [2.45, 2.75) is 19.3 Å². The number of methoxy groups -OCH3 is 1. The van der Waals surface area contributed by atoms with Crippen LogP contribution in [0, 0.1) is 18.2 Å². The minimum atomic E-state index is -0.451. The van der Waals surface area contributed by atoms with Crippen LogP contribution >= 0.6 is 0 Å². The van der Waals surface area contributed by atoms with Crippen molar-refractivity contribution in [2.24, 2.45) is 0 Å². The van der Waals surface area contributed by atoms with E-state index in [0.29, 0.717) is 0 Å². The first-order chi connectivity index (χ1) is 6.51. The van der Waals surface area contributed by atoms with Gasteiger partial charge in [-0.05, 0) is 31.5 Å². The van der Waals surface area contributed by atoms with Crippen molar-refractivity contribution in [2.75, 3.05) is 7.11 Å². The fourth-order valence-electron chi connectivity index (χ4n) is 1.14. The molecule has 0 heterocycles. The van der Waals surface area contributed by atoms with Crippen LogP contribution in [0.4, 0.5) is 4.39 Å². The van der Waals surface area contributed by atoms with E-state index in [-0.39, 0.29) is 11.6 Å². The molecule has 0 aromatic heterocycles. The molecule has 0 fully saturated rings. The smallest absolute Gasteiger partial charge is 0.165 e. The summed E-state index contributed by atoms with van der Waals surface area (Å²) < 4.78 is 18.1. The lowest BCUT2D eigenvalue weighted by molar-refractivity contribution is 0.385. The van der Waals surface area contributed by atoms with Crippen molar-refractivity contribution in [3.8, 4) is 18.1 Å². The second kappa shape index (κ2) is 3.71. The summed E-state index contributed by atoms with van der Waals surface area (Å²) in [5, 5.41) is 0. The minimum Gasteiger partial charge on any atom is -0.494 e. The number of halogens is 1. The molecule has 1 rings (SSSR count). The summed E-state index contributed by atoms with van der Waals surface area (Å²) in [5.74, 6) is 2.47. The first kappa shape index (κ1) is 10.6. The van der Waals surface area contributed by atoms with Gasteiger partial charge in [-0.2, -0.15) is 0 Å². The van der Waals surface area contributed by atoms with E-state index in [0.717, 1.165) is 5.56 Å². The molecule has 0 spiro atoms. The van der Waals surface area contributed by atoms with Crippen LogP contribution in [0.15, 0.2) is 18.2 Å². The van der Waals surface area contributed by atoms with Crippen LogP contribution in [-0.4, -0.2) is 7.11 Å². The third-order valence-electron chi connectivity index (χ3n) is 2.23. The maximum Gasteiger partial charge on any atom is 0.165 e. The summed E-state index contributed by atoms with van der Waals surface area (Å²) >= 11 is 0. The predicted molar refractivity (Wildman–Crippen MR) is 54.8 cm³/mol. The Bertz CT molecular complexity index is 374. The monoisotopic (exact) mass is 192 g/mol. The van der Waals surface area contributed by atoms with E-state index in [4.69, 9.17) is 11.2 Å². The molecule has 0 amide bonds. The SMILES string of the molecule is C#CC(C)(C)c1ccc(OC)c(F)c1. The van der Waals surface area contributed by atoms with Gasteiger partial charge in [-0.15, -0.1) is 6.42 Å². The number of terminal acetylenes is 1.